The molecule has 1 N–H and O–H groups in total. The zero-order chi connectivity index (χ0) is 18.0. The first-order valence-corrected chi connectivity index (χ1v) is 8.67. The predicted molar refractivity (Wildman–Crippen MR) is 91.6 cm³/mol. The van der Waals surface area contributed by atoms with E-state index in [1.165, 1.54) is 7.11 Å². The molecule has 1 aromatic carbocycles. The third-order valence-corrected chi connectivity index (χ3v) is 5.07. The molecule has 0 bridgehead atoms. The normalized spacial score (nSPS) is 20.8. The summed E-state index contributed by atoms with van der Waals surface area (Å²) in [7, 11) is 1.54. The van der Waals surface area contributed by atoms with Crippen LogP contribution in [0.2, 0.25) is 0 Å². The molecule has 1 saturated carbocycles. The Balaban J connectivity index is 2.15. The predicted octanol–water partition coefficient (Wildman–Crippen LogP) is 3.28. The molecule has 25 heavy (non-hydrogen) atoms. The van der Waals surface area contributed by atoms with Crippen molar-refractivity contribution in [3.8, 4) is 5.75 Å². The molecule has 132 valence electrons. The van der Waals surface area contributed by atoms with Crippen LogP contribution < -0.4 is 4.74 Å². The summed E-state index contributed by atoms with van der Waals surface area (Å²) in [6.45, 7) is 0. The van der Waals surface area contributed by atoms with Crippen molar-refractivity contribution in [1.29, 1.82) is 0 Å². The van der Waals surface area contributed by atoms with Crippen molar-refractivity contribution in [2.24, 2.45) is 5.92 Å². The highest BCUT2D eigenvalue weighted by atomic mass is 16.5. The Morgan fingerprint density at radius 3 is 2.36 bits per heavy atom. The molecule has 0 spiro atoms. The third-order valence-electron chi connectivity index (χ3n) is 5.07. The Bertz CT molecular complexity index is 730. The number of carbonyl (C=O) groups excluding carboxylic acids is 3. The molecule has 0 amide bonds. The molecule has 0 aromatic heterocycles. The standard InChI is InChI=1S/C20H22O5/c1-25-13-6-2-5-12(11-13)18(19-14(21)7-3-8-15(19)22)20-16(23)9-4-10-17(20)24/h2,5-6,11,18-19,23H,3-4,7-10H2,1H3/t18-/m0/s1. The molecule has 1 atom stereocenters. The van der Waals surface area contributed by atoms with Gasteiger partial charge in [0.2, 0.25) is 0 Å². The van der Waals surface area contributed by atoms with Gasteiger partial charge < -0.3 is 9.84 Å². The lowest BCUT2D eigenvalue weighted by atomic mass is 9.69. The fourth-order valence-electron chi connectivity index (χ4n) is 3.86. The second-order valence-electron chi connectivity index (χ2n) is 6.66. The van der Waals surface area contributed by atoms with E-state index in [9.17, 15) is 19.5 Å². The number of benzene rings is 1. The molecule has 3 rings (SSSR count). The Morgan fingerprint density at radius 2 is 1.72 bits per heavy atom. The lowest BCUT2D eigenvalue weighted by molar-refractivity contribution is -0.136. The van der Waals surface area contributed by atoms with Crippen molar-refractivity contribution in [2.75, 3.05) is 7.11 Å². The van der Waals surface area contributed by atoms with Gasteiger partial charge in [0.1, 0.15) is 17.3 Å². The van der Waals surface area contributed by atoms with Gasteiger partial charge in [-0.25, -0.2) is 0 Å². The quantitative estimate of drug-likeness (QED) is 0.849. The van der Waals surface area contributed by atoms with Gasteiger partial charge in [-0.05, 0) is 30.5 Å². The van der Waals surface area contributed by atoms with Gasteiger partial charge in [-0.3, -0.25) is 14.4 Å². The van der Waals surface area contributed by atoms with Crippen LogP contribution >= 0.6 is 0 Å². The van der Waals surface area contributed by atoms with Crippen molar-refractivity contribution in [3.05, 3.63) is 41.2 Å². The molecule has 2 aliphatic rings. The summed E-state index contributed by atoms with van der Waals surface area (Å²) in [6, 6.07) is 7.05. The second-order valence-corrected chi connectivity index (χ2v) is 6.66. The maximum atomic E-state index is 12.6. The number of ketones is 3. The summed E-state index contributed by atoms with van der Waals surface area (Å²) in [6.07, 6.45) is 2.54. The largest absolute Gasteiger partial charge is 0.512 e. The Kier molecular flexibility index (Phi) is 5.02. The highest BCUT2D eigenvalue weighted by Crippen LogP contribution is 2.42. The molecule has 5 nitrogen and oxygen atoms in total. The fourth-order valence-corrected chi connectivity index (χ4v) is 3.86. The van der Waals surface area contributed by atoms with Crippen LogP contribution in [0.15, 0.2) is 35.6 Å². The number of aliphatic hydroxyl groups excluding tert-OH is 1. The van der Waals surface area contributed by atoms with Crippen molar-refractivity contribution < 1.29 is 24.2 Å². The minimum absolute atomic E-state index is 0.00948. The smallest absolute Gasteiger partial charge is 0.162 e. The first-order chi connectivity index (χ1) is 12.0. The first-order valence-electron chi connectivity index (χ1n) is 8.67. The maximum absolute atomic E-state index is 12.6. The molecule has 0 heterocycles. The molecule has 1 aromatic rings. The van der Waals surface area contributed by atoms with E-state index in [1.54, 1.807) is 24.3 Å². The van der Waals surface area contributed by atoms with E-state index in [2.05, 4.69) is 0 Å². The van der Waals surface area contributed by atoms with Crippen molar-refractivity contribution in [2.45, 2.75) is 44.4 Å². The number of Topliss-reactive ketones (excluding diaryl/α,β-unsaturated/α-hetero) is 3. The average molecular weight is 342 g/mol. The van der Waals surface area contributed by atoms with Gasteiger partial charge >= 0.3 is 0 Å². The maximum Gasteiger partial charge on any atom is 0.162 e. The zero-order valence-corrected chi connectivity index (χ0v) is 14.3. The number of rotatable bonds is 4. The highest BCUT2D eigenvalue weighted by molar-refractivity contribution is 6.08. The van der Waals surface area contributed by atoms with Crippen LogP contribution in [0.1, 0.15) is 50.0 Å². The van der Waals surface area contributed by atoms with Crippen molar-refractivity contribution in [1.82, 2.24) is 0 Å². The summed E-state index contributed by atoms with van der Waals surface area (Å²) < 4.78 is 5.25. The molecular weight excluding hydrogens is 320 g/mol. The Morgan fingerprint density at radius 1 is 1.04 bits per heavy atom. The Hall–Kier alpha value is -2.43. The Labute approximate surface area is 146 Å². The van der Waals surface area contributed by atoms with Crippen LogP contribution in [0.4, 0.5) is 0 Å². The third kappa shape index (κ3) is 3.36. The lowest BCUT2D eigenvalue weighted by Gasteiger charge is -2.32. The van der Waals surface area contributed by atoms with E-state index >= 15 is 0 Å². The van der Waals surface area contributed by atoms with Crippen LogP contribution in [0.3, 0.4) is 0 Å². The SMILES string of the molecule is COc1cccc([C@H](C2=C(O)CCCC2=O)C2C(=O)CCCC2=O)c1. The summed E-state index contributed by atoms with van der Waals surface area (Å²) in [5.74, 6) is -1.52. The summed E-state index contributed by atoms with van der Waals surface area (Å²) >= 11 is 0. The van der Waals surface area contributed by atoms with E-state index in [-0.39, 0.29) is 28.7 Å². The number of ether oxygens (including phenoxy) is 1. The molecule has 1 fully saturated rings. The zero-order valence-electron chi connectivity index (χ0n) is 14.3. The minimum atomic E-state index is -0.903. The number of aliphatic hydroxyl groups is 1. The summed E-state index contributed by atoms with van der Waals surface area (Å²) in [5.41, 5.74) is 0.887. The fraction of sp³-hybridized carbons (Fsp3) is 0.450. The lowest BCUT2D eigenvalue weighted by Crippen LogP contribution is -2.37. The molecule has 0 unspecified atom stereocenters. The van der Waals surface area contributed by atoms with Crippen LogP contribution in [0.25, 0.3) is 0 Å². The van der Waals surface area contributed by atoms with E-state index in [0.29, 0.717) is 49.8 Å². The van der Waals surface area contributed by atoms with Gasteiger partial charge in [0.15, 0.2) is 5.78 Å². The van der Waals surface area contributed by atoms with E-state index < -0.39 is 11.8 Å². The highest BCUT2D eigenvalue weighted by Gasteiger charge is 2.42. The number of methoxy groups -OCH3 is 1. The molecular formula is C20H22O5. The van der Waals surface area contributed by atoms with Gasteiger partial charge in [-0.1, -0.05) is 12.1 Å². The van der Waals surface area contributed by atoms with Crippen molar-refractivity contribution >= 4 is 17.3 Å². The second kappa shape index (κ2) is 7.21. The van der Waals surface area contributed by atoms with Gasteiger partial charge in [-0.2, -0.15) is 0 Å². The minimum Gasteiger partial charge on any atom is -0.512 e. The number of hydrogen-bond donors (Lipinski definition) is 1. The van der Waals surface area contributed by atoms with Gasteiger partial charge in [0.05, 0.1) is 18.8 Å². The number of allylic oxidation sites excluding steroid dienone is 2. The van der Waals surface area contributed by atoms with Crippen LogP contribution in [-0.4, -0.2) is 29.6 Å². The molecule has 2 aliphatic carbocycles. The molecule has 0 aliphatic heterocycles. The van der Waals surface area contributed by atoms with E-state index in [1.807, 2.05) is 0 Å². The van der Waals surface area contributed by atoms with Crippen molar-refractivity contribution in [3.63, 3.8) is 0 Å². The van der Waals surface area contributed by atoms with E-state index in [4.69, 9.17) is 4.74 Å². The monoisotopic (exact) mass is 342 g/mol. The average Bonchev–Trinajstić information content (AvgIpc) is 2.60. The summed E-state index contributed by atoms with van der Waals surface area (Å²) in [5, 5.41) is 10.4. The molecule has 5 heteroatoms. The number of hydrogen-bond acceptors (Lipinski definition) is 5. The molecule has 0 radical (unpaired) electrons. The van der Waals surface area contributed by atoms with Crippen LogP contribution in [-0.2, 0) is 14.4 Å². The molecule has 0 saturated heterocycles. The summed E-state index contributed by atoms with van der Waals surface area (Å²) in [4.78, 5) is 37.7. The topological polar surface area (TPSA) is 80.7 Å². The first kappa shape index (κ1) is 17.4. The van der Waals surface area contributed by atoms with Gasteiger partial charge in [0, 0.05) is 37.2 Å². The van der Waals surface area contributed by atoms with Crippen LogP contribution in [0.5, 0.6) is 5.75 Å². The number of carbonyl (C=O) groups is 3. The van der Waals surface area contributed by atoms with Gasteiger partial charge in [-0.15, -0.1) is 0 Å². The van der Waals surface area contributed by atoms with Gasteiger partial charge in [0.25, 0.3) is 0 Å². The van der Waals surface area contributed by atoms with E-state index in [0.717, 1.165) is 0 Å². The van der Waals surface area contributed by atoms with Crippen LogP contribution in [0, 0.1) is 5.92 Å².